The average molecular weight is 251 g/mol. The topological polar surface area (TPSA) is 29.9 Å². The number of rotatable bonds is 6. The third-order valence-electron chi connectivity index (χ3n) is 2.61. The summed E-state index contributed by atoms with van der Waals surface area (Å²) in [5, 5.41) is 7.28. The third kappa shape index (κ3) is 3.63. The third-order valence-corrected chi connectivity index (χ3v) is 2.61. The minimum atomic E-state index is -2.41. The Morgan fingerprint density at radius 3 is 2.89 bits per heavy atom. The Hall–Kier alpha value is -1.75. The van der Waals surface area contributed by atoms with Crippen LogP contribution in [0.4, 0.5) is 8.78 Å². The van der Waals surface area contributed by atoms with Crippen LogP contribution in [0.15, 0.2) is 42.7 Å². The summed E-state index contributed by atoms with van der Waals surface area (Å²) in [4.78, 5) is 0. The van der Waals surface area contributed by atoms with Gasteiger partial charge in [-0.15, -0.1) is 0 Å². The van der Waals surface area contributed by atoms with Gasteiger partial charge >= 0.3 is 0 Å². The van der Waals surface area contributed by atoms with Crippen molar-refractivity contribution in [3.8, 4) is 0 Å². The van der Waals surface area contributed by atoms with Gasteiger partial charge in [0.2, 0.25) is 0 Å². The molecule has 5 heteroatoms. The lowest BCUT2D eigenvalue weighted by Crippen LogP contribution is -2.19. The van der Waals surface area contributed by atoms with Crippen molar-refractivity contribution in [3.05, 3.63) is 53.9 Å². The van der Waals surface area contributed by atoms with Crippen LogP contribution < -0.4 is 5.32 Å². The van der Waals surface area contributed by atoms with Crippen LogP contribution in [-0.2, 0) is 13.1 Å². The number of halogens is 2. The van der Waals surface area contributed by atoms with Gasteiger partial charge in [-0.1, -0.05) is 18.2 Å². The number of aromatic nitrogens is 2. The zero-order valence-electron chi connectivity index (χ0n) is 9.89. The fourth-order valence-corrected chi connectivity index (χ4v) is 1.70. The average Bonchev–Trinajstić information content (AvgIpc) is 2.88. The van der Waals surface area contributed by atoms with Gasteiger partial charge in [-0.2, -0.15) is 5.10 Å². The van der Waals surface area contributed by atoms with E-state index in [1.165, 1.54) is 12.1 Å². The van der Waals surface area contributed by atoms with Crippen LogP contribution in [0.1, 0.15) is 17.6 Å². The second-order valence-corrected chi connectivity index (χ2v) is 3.99. The molecule has 3 nitrogen and oxygen atoms in total. The quantitative estimate of drug-likeness (QED) is 0.800. The molecule has 0 fully saturated rings. The molecule has 0 saturated heterocycles. The number of hydrogen-bond donors (Lipinski definition) is 1. The van der Waals surface area contributed by atoms with E-state index in [2.05, 4.69) is 10.4 Å². The fraction of sp³-hybridized carbons (Fsp3) is 0.308. The van der Waals surface area contributed by atoms with Gasteiger partial charge in [-0.25, -0.2) is 8.78 Å². The minimum Gasteiger partial charge on any atom is -0.311 e. The van der Waals surface area contributed by atoms with Gasteiger partial charge in [-0.3, -0.25) is 4.68 Å². The summed E-state index contributed by atoms with van der Waals surface area (Å²) in [5.74, 6) is 0. The van der Waals surface area contributed by atoms with E-state index in [1.807, 2.05) is 23.0 Å². The highest BCUT2D eigenvalue weighted by Gasteiger charge is 2.06. The molecule has 0 amide bonds. The summed E-state index contributed by atoms with van der Waals surface area (Å²) < 4.78 is 26.8. The van der Waals surface area contributed by atoms with Gasteiger partial charge in [0.05, 0.1) is 6.54 Å². The molecule has 0 atom stereocenters. The normalized spacial score (nSPS) is 11.1. The highest BCUT2D eigenvalue weighted by atomic mass is 19.3. The molecule has 0 aliphatic rings. The Kier molecular flexibility index (Phi) is 4.41. The Bertz CT molecular complexity index is 469. The Morgan fingerprint density at radius 1 is 1.28 bits per heavy atom. The van der Waals surface area contributed by atoms with Crippen molar-refractivity contribution in [2.24, 2.45) is 0 Å². The highest BCUT2D eigenvalue weighted by molar-refractivity contribution is 5.24. The Balaban J connectivity index is 1.78. The van der Waals surface area contributed by atoms with Gasteiger partial charge in [0.25, 0.3) is 6.43 Å². The lowest BCUT2D eigenvalue weighted by Gasteiger charge is -2.07. The number of benzene rings is 1. The molecule has 18 heavy (non-hydrogen) atoms. The largest absolute Gasteiger partial charge is 0.311 e. The van der Waals surface area contributed by atoms with Gasteiger partial charge in [0.1, 0.15) is 0 Å². The first-order chi connectivity index (χ1) is 8.75. The van der Waals surface area contributed by atoms with E-state index >= 15 is 0 Å². The molecule has 0 saturated carbocycles. The van der Waals surface area contributed by atoms with Crippen molar-refractivity contribution in [2.45, 2.75) is 19.5 Å². The molecule has 0 bridgehead atoms. The minimum absolute atomic E-state index is 0.0707. The van der Waals surface area contributed by atoms with E-state index in [-0.39, 0.29) is 5.56 Å². The first kappa shape index (κ1) is 12.7. The molecule has 0 aliphatic carbocycles. The van der Waals surface area contributed by atoms with Crippen molar-refractivity contribution in [1.29, 1.82) is 0 Å². The van der Waals surface area contributed by atoms with Crippen LogP contribution in [0.3, 0.4) is 0 Å². The van der Waals surface area contributed by atoms with E-state index in [0.29, 0.717) is 6.54 Å². The van der Waals surface area contributed by atoms with Crippen molar-refractivity contribution < 1.29 is 8.78 Å². The smallest absolute Gasteiger partial charge is 0.263 e. The summed E-state index contributed by atoms with van der Waals surface area (Å²) in [6.07, 6.45) is 1.21. The molecule has 1 aromatic carbocycles. The van der Waals surface area contributed by atoms with Crippen molar-refractivity contribution in [2.75, 3.05) is 6.54 Å². The van der Waals surface area contributed by atoms with E-state index < -0.39 is 6.43 Å². The molecule has 96 valence electrons. The van der Waals surface area contributed by atoms with Crippen molar-refractivity contribution in [1.82, 2.24) is 15.1 Å². The lowest BCUT2D eigenvalue weighted by atomic mass is 10.1. The molecule has 2 aromatic rings. The summed E-state index contributed by atoms with van der Waals surface area (Å²) in [5.41, 5.74) is 0.939. The maximum absolute atomic E-state index is 12.5. The maximum atomic E-state index is 12.5. The van der Waals surface area contributed by atoms with Gasteiger partial charge in [-0.05, 0) is 17.7 Å². The number of hydrogen-bond acceptors (Lipinski definition) is 2. The predicted molar refractivity (Wildman–Crippen MR) is 65.3 cm³/mol. The number of nitrogens with one attached hydrogen (secondary N) is 1. The molecule has 1 heterocycles. The summed E-state index contributed by atoms with van der Waals surface area (Å²) in [6.45, 7) is 2.10. The van der Waals surface area contributed by atoms with E-state index in [1.54, 1.807) is 12.3 Å². The lowest BCUT2D eigenvalue weighted by molar-refractivity contribution is 0.151. The standard InChI is InChI=1S/C13H15F2N3/c14-13(15)12-4-1-3-11(9-12)10-16-6-8-18-7-2-5-17-18/h1-5,7,9,13,16H,6,8,10H2. The second-order valence-electron chi connectivity index (χ2n) is 3.99. The van der Waals surface area contributed by atoms with Gasteiger partial charge < -0.3 is 5.32 Å². The Labute approximate surface area is 104 Å². The molecule has 1 N–H and O–H groups in total. The molecular weight excluding hydrogens is 236 g/mol. The molecule has 0 spiro atoms. The van der Waals surface area contributed by atoms with Crippen LogP contribution in [0.2, 0.25) is 0 Å². The van der Waals surface area contributed by atoms with Crippen LogP contribution in [0.5, 0.6) is 0 Å². The molecule has 0 unspecified atom stereocenters. The zero-order valence-corrected chi connectivity index (χ0v) is 9.89. The SMILES string of the molecule is FC(F)c1cccc(CNCCn2cccn2)c1. The monoisotopic (exact) mass is 251 g/mol. The predicted octanol–water partition coefficient (Wildman–Crippen LogP) is 2.61. The zero-order chi connectivity index (χ0) is 12.8. The first-order valence-corrected chi connectivity index (χ1v) is 5.81. The van der Waals surface area contributed by atoms with Crippen LogP contribution in [0, 0.1) is 0 Å². The second kappa shape index (κ2) is 6.26. The van der Waals surface area contributed by atoms with E-state index in [0.717, 1.165) is 18.7 Å². The van der Waals surface area contributed by atoms with E-state index in [4.69, 9.17) is 0 Å². The molecule has 0 radical (unpaired) electrons. The highest BCUT2D eigenvalue weighted by Crippen LogP contribution is 2.19. The van der Waals surface area contributed by atoms with Crippen LogP contribution >= 0.6 is 0 Å². The van der Waals surface area contributed by atoms with Crippen molar-refractivity contribution >= 4 is 0 Å². The van der Waals surface area contributed by atoms with E-state index in [9.17, 15) is 8.78 Å². The molecular formula is C13H15F2N3. The summed E-state index contributed by atoms with van der Waals surface area (Å²) in [6, 6.07) is 8.34. The molecule has 0 aliphatic heterocycles. The molecule has 1 aromatic heterocycles. The maximum Gasteiger partial charge on any atom is 0.263 e. The van der Waals surface area contributed by atoms with Gasteiger partial charge in [0, 0.05) is 31.0 Å². The summed E-state index contributed by atoms with van der Waals surface area (Å²) >= 11 is 0. The summed E-state index contributed by atoms with van der Waals surface area (Å²) in [7, 11) is 0. The van der Waals surface area contributed by atoms with Crippen LogP contribution in [0.25, 0.3) is 0 Å². The van der Waals surface area contributed by atoms with Crippen molar-refractivity contribution in [3.63, 3.8) is 0 Å². The molecule has 2 rings (SSSR count). The number of alkyl halides is 2. The number of nitrogens with zero attached hydrogens (tertiary/aromatic N) is 2. The Morgan fingerprint density at radius 2 is 2.17 bits per heavy atom. The van der Waals surface area contributed by atoms with Gasteiger partial charge in [0.15, 0.2) is 0 Å². The van der Waals surface area contributed by atoms with Crippen LogP contribution in [-0.4, -0.2) is 16.3 Å². The first-order valence-electron chi connectivity index (χ1n) is 5.81. The fourth-order valence-electron chi connectivity index (χ4n) is 1.70.